The molecule has 0 atom stereocenters. The Hall–Kier alpha value is -4.66. The second-order valence-electron chi connectivity index (χ2n) is 9.36. The van der Waals surface area contributed by atoms with E-state index >= 15 is 0 Å². The van der Waals surface area contributed by atoms with Gasteiger partial charge in [0, 0.05) is 53.6 Å². The summed E-state index contributed by atoms with van der Waals surface area (Å²) < 4.78 is 14.0. The quantitative estimate of drug-likeness (QED) is 0.272. The molecule has 1 fully saturated rings. The molecule has 9 heteroatoms. The fourth-order valence-corrected chi connectivity index (χ4v) is 4.83. The Morgan fingerprint density at radius 2 is 1.79 bits per heavy atom. The number of hydrogen-bond acceptors (Lipinski definition) is 5. The van der Waals surface area contributed by atoms with Crippen LogP contribution in [0, 0.1) is 15.9 Å². The molecule has 2 heterocycles. The largest absolute Gasteiger partial charge is 0.339 e. The predicted molar refractivity (Wildman–Crippen MR) is 141 cm³/mol. The van der Waals surface area contributed by atoms with Crippen LogP contribution in [-0.4, -0.2) is 39.7 Å². The van der Waals surface area contributed by atoms with Crippen LogP contribution in [0.15, 0.2) is 79.0 Å². The minimum absolute atomic E-state index is 0.0208. The Morgan fingerprint density at radius 3 is 2.53 bits per heavy atom. The van der Waals surface area contributed by atoms with E-state index in [2.05, 4.69) is 10.3 Å². The van der Waals surface area contributed by atoms with Crippen LogP contribution in [0.2, 0.25) is 0 Å². The number of nitrogens with one attached hydrogen (secondary N) is 1. The normalized spacial score (nSPS) is 13.9. The molecule has 0 unspecified atom stereocenters. The molecule has 8 nitrogen and oxygen atoms in total. The van der Waals surface area contributed by atoms with E-state index in [1.165, 1.54) is 0 Å². The van der Waals surface area contributed by atoms with Crippen molar-refractivity contribution < 1.29 is 18.9 Å². The number of rotatable bonds is 6. The average molecular weight is 513 g/mol. The summed E-state index contributed by atoms with van der Waals surface area (Å²) in [5, 5.41) is 14.6. The van der Waals surface area contributed by atoms with E-state index in [0.29, 0.717) is 30.3 Å². The summed E-state index contributed by atoms with van der Waals surface area (Å²) in [7, 11) is 0. The molecular weight excluding hydrogens is 487 g/mol. The smallest absolute Gasteiger partial charge is 0.269 e. The van der Waals surface area contributed by atoms with Gasteiger partial charge in [-0.1, -0.05) is 18.2 Å². The van der Waals surface area contributed by atoms with Gasteiger partial charge in [-0.25, -0.2) is 4.39 Å². The van der Waals surface area contributed by atoms with Gasteiger partial charge >= 0.3 is 0 Å². The highest BCUT2D eigenvalue weighted by Crippen LogP contribution is 2.30. The molecule has 3 aromatic carbocycles. The molecule has 1 aliphatic heterocycles. The number of aromatic nitrogens is 1. The van der Waals surface area contributed by atoms with Gasteiger partial charge in [-0.2, -0.15) is 0 Å². The second kappa shape index (κ2) is 10.8. The Kier molecular flexibility index (Phi) is 7.08. The third-order valence-corrected chi connectivity index (χ3v) is 6.89. The highest BCUT2D eigenvalue weighted by molar-refractivity contribution is 5.98. The van der Waals surface area contributed by atoms with Crippen molar-refractivity contribution in [3.63, 3.8) is 0 Å². The SMILES string of the molecule is O=C(Cc1cc([N+](=O)[O-])ccc1F)Nc1ccc(C2CCN(C(=O)c3ccc4ncccc4c3)CC2)cc1. The van der Waals surface area contributed by atoms with Crippen LogP contribution >= 0.6 is 0 Å². The number of amides is 2. The number of carbonyl (C=O) groups excluding carboxylic acids is 2. The molecule has 1 saturated heterocycles. The van der Waals surface area contributed by atoms with Crippen molar-refractivity contribution in [3.8, 4) is 0 Å². The van der Waals surface area contributed by atoms with Crippen molar-refractivity contribution in [1.29, 1.82) is 0 Å². The Bertz CT molecular complexity index is 1520. The lowest BCUT2D eigenvalue weighted by atomic mass is 9.89. The van der Waals surface area contributed by atoms with E-state index < -0.39 is 16.6 Å². The van der Waals surface area contributed by atoms with Gasteiger partial charge in [-0.15, -0.1) is 0 Å². The first kappa shape index (κ1) is 25.0. The van der Waals surface area contributed by atoms with Gasteiger partial charge in [0.15, 0.2) is 0 Å². The van der Waals surface area contributed by atoms with E-state index in [0.717, 1.165) is 47.5 Å². The van der Waals surface area contributed by atoms with Crippen molar-refractivity contribution in [2.75, 3.05) is 18.4 Å². The van der Waals surface area contributed by atoms with Gasteiger partial charge in [-0.05, 0) is 66.8 Å². The summed E-state index contributed by atoms with van der Waals surface area (Å²) in [4.78, 5) is 41.9. The number of nitro benzene ring substituents is 1. The van der Waals surface area contributed by atoms with Crippen molar-refractivity contribution in [3.05, 3.63) is 112 Å². The van der Waals surface area contributed by atoms with Crippen molar-refractivity contribution in [2.24, 2.45) is 0 Å². The Labute approximate surface area is 218 Å². The van der Waals surface area contributed by atoms with Crippen molar-refractivity contribution in [1.82, 2.24) is 9.88 Å². The van der Waals surface area contributed by atoms with Crippen molar-refractivity contribution >= 4 is 34.1 Å². The number of piperidine rings is 1. The molecule has 192 valence electrons. The molecule has 1 aromatic heterocycles. The van der Waals surface area contributed by atoms with Crippen LogP contribution in [0.25, 0.3) is 10.9 Å². The van der Waals surface area contributed by atoms with Gasteiger partial charge in [0.05, 0.1) is 16.9 Å². The third kappa shape index (κ3) is 5.51. The number of pyridine rings is 1. The van der Waals surface area contributed by atoms with Gasteiger partial charge in [0.2, 0.25) is 5.91 Å². The first-order valence-corrected chi connectivity index (χ1v) is 12.3. The molecule has 0 spiro atoms. The molecule has 4 aromatic rings. The molecule has 2 amide bonds. The molecule has 5 rings (SSSR count). The highest BCUT2D eigenvalue weighted by atomic mass is 19.1. The number of hydrogen-bond donors (Lipinski definition) is 1. The number of halogens is 1. The molecule has 0 aliphatic carbocycles. The molecule has 0 bridgehead atoms. The molecule has 0 radical (unpaired) electrons. The summed E-state index contributed by atoms with van der Waals surface area (Å²) in [6.07, 6.45) is 3.09. The minimum Gasteiger partial charge on any atom is -0.339 e. The lowest BCUT2D eigenvalue weighted by Gasteiger charge is -2.32. The average Bonchev–Trinajstić information content (AvgIpc) is 2.94. The number of benzene rings is 3. The summed E-state index contributed by atoms with van der Waals surface area (Å²) in [6, 6.07) is 20.0. The lowest BCUT2D eigenvalue weighted by molar-refractivity contribution is -0.385. The lowest BCUT2D eigenvalue weighted by Crippen LogP contribution is -2.37. The van der Waals surface area contributed by atoms with Crippen LogP contribution < -0.4 is 5.32 Å². The first-order valence-electron chi connectivity index (χ1n) is 12.3. The fourth-order valence-electron chi connectivity index (χ4n) is 4.83. The number of nitro groups is 1. The maximum absolute atomic E-state index is 14.0. The van der Waals surface area contributed by atoms with E-state index in [1.807, 2.05) is 47.4 Å². The van der Waals surface area contributed by atoms with Gasteiger partial charge in [-0.3, -0.25) is 24.7 Å². The number of non-ortho nitro benzene ring substituents is 1. The first-order chi connectivity index (χ1) is 18.4. The van der Waals surface area contributed by atoms with E-state index in [1.54, 1.807) is 18.3 Å². The zero-order valence-electron chi connectivity index (χ0n) is 20.5. The molecule has 1 aliphatic rings. The molecule has 0 saturated carbocycles. The number of anilines is 1. The van der Waals surface area contributed by atoms with Crippen molar-refractivity contribution in [2.45, 2.75) is 25.2 Å². The van der Waals surface area contributed by atoms with Crippen LogP contribution in [0.4, 0.5) is 15.8 Å². The maximum atomic E-state index is 14.0. The molecular formula is C29H25FN4O4. The van der Waals surface area contributed by atoms with E-state index in [4.69, 9.17) is 0 Å². The minimum atomic E-state index is -0.663. The van der Waals surface area contributed by atoms with Gasteiger partial charge < -0.3 is 10.2 Å². The maximum Gasteiger partial charge on any atom is 0.269 e. The van der Waals surface area contributed by atoms with E-state index in [-0.39, 0.29) is 23.6 Å². The summed E-state index contributed by atoms with van der Waals surface area (Å²) in [5.74, 6) is -0.812. The van der Waals surface area contributed by atoms with Crippen LogP contribution in [-0.2, 0) is 11.2 Å². The standard InChI is InChI=1S/C29H25FN4O4/c30-26-9-8-25(34(37)38)17-23(26)18-28(35)32-24-6-3-19(4-7-24)20-11-14-33(15-12-20)29(36)22-5-10-27-21(16-22)2-1-13-31-27/h1-10,13,16-17,20H,11-12,14-15,18H2,(H,32,35). The van der Waals surface area contributed by atoms with Crippen LogP contribution in [0.3, 0.4) is 0 Å². The molecule has 1 N–H and O–H groups in total. The third-order valence-electron chi connectivity index (χ3n) is 6.89. The molecule has 38 heavy (non-hydrogen) atoms. The summed E-state index contributed by atoms with van der Waals surface area (Å²) >= 11 is 0. The van der Waals surface area contributed by atoms with Gasteiger partial charge in [0.1, 0.15) is 5.82 Å². The Morgan fingerprint density at radius 1 is 1.03 bits per heavy atom. The predicted octanol–water partition coefficient (Wildman–Crippen LogP) is 5.48. The highest BCUT2D eigenvalue weighted by Gasteiger charge is 2.25. The number of likely N-dealkylation sites (tertiary alicyclic amines) is 1. The second-order valence-corrected chi connectivity index (χ2v) is 9.36. The summed E-state index contributed by atoms with van der Waals surface area (Å²) in [6.45, 7) is 1.31. The topological polar surface area (TPSA) is 105 Å². The van der Waals surface area contributed by atoms with E-state index in [9.17, 15) is 24.1 Å². The van der Waals surface area contributed by atoms with Crippen LogP contribution in [0.1, 0.15) is 40.2 Å². The number of nitrogens with zero attached hydrogens (tertiary/aromatic N) is 3. The zero-order chi connectivity index (χ0) is 26.6. The Balaban J connectivity index is 1.16. The number of carbonyl (C=O) groups is 2. The summed E-state index contributed by atoms with van der Waals surface area (Å²) in [5.41, 5.74) is 2.91. The van der Waals surface area contributed by atoms with Gasteiger partial charge in [0.25, 0.3) is 11.6 Å². The van der Waals surface area contributed by atoms with Crippen LogP contribution in [0.5, 0.6) is 0 Å². The monoisotopic (exact) mass is 512 g/mol. The fraction of sp³-hybridized carbons (Fsp3) is 0.207. The number of fused-ring (bicyclic) bond motifs is 1. The zero-order valence-corrected chi connectivity index (χ0v) is 20.5.